The van der Waals surface area contributed by atoms with Gasteiger partial charge in [0.1, 0.15) is 28.4 Å². The molecule has 3 aromatic heterocycles. The number of aromatic amines is 1. The molecule has 0 aliphatic rings. The second-order valence-electron chi connectivity index (χ2n) is 8.85. The van der Waals surface area contributed by atoms with E-state index in [0.717, 1.165) is 0 Å². The third-order valence-electron chi connectivity index (χ3n) is 6.14. The lowest BCUT2D eigenvalue weighted by atomic mass is 10.1. The fraction of sp³-hybridized carbons (Fsp3) is 0.222. The van der Waals surface area contributed by atoms with E-state index in [1.807, 2.05) is 0 Å². The van der Waals surface area contributed by atoms with Gasteiger partial charge < -0.3 is 20.4 Å². The topological polar surface area (TPSA) is 157 Å². The normalized spacial score (nSPS) is 11.1. The molecule has 3 heterocycles. The van der Waals surface area contributed by atoms with Crippen LogP contribution in [0, 0.1) is 0 Å². The minimum Gasteiger partial charge on any atom is -0.495 e. The molecular weight excluding hydrogens is 568 g/mol. The molecule has 0 fully saturated rings. The van der Waals surface area contributed by atoms with Gasteiger partial charge in [-0.25, -0.2) is 19.9 Å². The molecule has 5 aromatic rings. The van der Waals surface area contributed by atoms with Crippen molar-refractivity contribution in [3.63, 3.8) is 0 Å². The summed E-state index contributed by atoms with van der Waals surface area (Å²) in [5.74, 6) is 0.536. The monoisotopic (exact) mass is 592 g/mol. The summed E-state index contributed by atoms with van der Waals surface area (Å²) in [7, 11) is 1.48. The number of carbonyl (C=O) groups excluding carboxylic acids is 2. The number of hydrogen-bond acceptors (Lipinski definition) is 9. The highest BCUT2D eigenvalue weighted by Gasteiger charge is 2.20. The van der Waals surface area contributed by atoms with Gasteiger partial charge in [0.25, 0.3) is 11.5 Å². The zero-order valence-corrected chi connectivity index (χ0v) is 23.7. The van der Waals surface area contributed by atoms with Crippen molar-refractivity contribution in [2.24, 2.45) is 0 Å². The van der Waals surface area contributed by atoms with Crippen molar-refractivity contribution in [2.75, 3.05) is 20.2 Å². The fourth-order valence-corrected chi connectivity index (χ4v) is 5.36. The smallest absolute Gasteiger partial charge is 0.267 e. The number of aromatic nitrogens is 6. The van der Waals surface area contributed by atoms with E-state index in [4.69, 9.17) is 21.3 Å². The van der Waals surface area contributed by atoms with E-state index >= 15 is 0 Å². The summed E-state index contributed by atoms with van der Waals surface area (Å²) >= 11 is 7.80. The van der Waals surface area contributed by atoms with Gasteiger partial charge in [0.2, 0.25) is 5.91 Å². The maximum absolute atomic E-state index is 14.0. The zero-order chi connectivity index (χ0) is 28.9. The van der Waals surface area contributed by atoms with Crippen molar-refractivity contribution >= 4 is 57.2 Å². The molecule has 5 rings (SSSR count). The van der Waals surface area contributed by atoms with Crippen molar-refractivity contribution in [1.29, 1.82) is 0 Å². The summed E-state index contributed by atoms with van der Waals surface area (Å²) < 4.78 is 7.01. The molecule has 12 nitrogen and oxygen atoms in total. The summed E-state index contributed by atoms with van der Waals surface area (Å²) in [6.45, 7) is 2.24. The SMILES string of the molecule is COc1ccc(C(=O)NCCCNC(C)=O)cc1-n1c(CSc2ncnc3nc[nH]c23)nc2cccc(Cl)c2c1=O. The average molecular weight is 593 g/mol. The molecule has 0 saturated carbocycles. The van der Waals surface area contributed by atoms with E-state index in [0.29, 0.717) is 64.0 Å². The number of amides is 2. The van der Waals surface area contributed by atoms with Crippen LogP contribution in [-0.2, 0) is 10.5 Å². The largest absolute Gasteiger partial charge is 0.495 e. The summed E-state index contributed by atoms with van der Waals surface area (Å²) in [6.07, 6.45) is 3.53. The minimum atomic E-state index is -0.406. The molecule has 14 heteroatoms. The number of imidazole rings is 1. The Kier molecular flexibility index (Phi) is 8.45. The van der Waals surface area contributed by atoms with Gasteiger partial charge in [-0.2, -0.15) is 0 Å². The van der Waals surface area contributed by atoms with Gasteiger partial charge in [0, 0.05) is 25.6 Å². The summed E-state index contributed by atoms with van der Waals surface area (Å²) in [5.41, 5.74) is 1.89. The first-order valence-corrected chi connectivity index (χ1v) is 13.9. The molecule has 3 N–H and O–H groups in total. The average Bonchev–Trinajstić information content (AvgIpc) is 3.45. The third kappa shape index (κ3) is 6.00. The van der Waals surface area contributed by atoms with Gasteiger partial charge in [-0.05, 0) is 36.8 Å². The Balaban J connectivity index is 1.55. The maximum Gasteiger partial charge on any atom is 0.267 e. The van der Waals surface area contributed by atoms with Crippen LogP contribution in [0.15, 0.2) is 58.9 Å². The summed E-state index contributed by atoms with van der Waals surface area (Å²) in [6, 6.07) is 9.90. The van der Waals surface area contributed by atoms with Crippen LogP contribution in [0.3, 0.4) is 0 Å². The number of thioether (sulfide) groups is 1. The second-order valence-corrected chi connectivity index (χ2v) is 10.2. The summed E-state index contributed by atoms with van der Waals surface area (Å²) in [5, 5.41) is 6.67. The molecule has 0 unspecified atom stereocenters. The molecule has 2 amide bonds. The van der Waals surface area contributed by atoms with Gasteiger partial charge >= 0.3 is 0 Å². The first-order valence-electron chi connectivity index (χ1n) is 12.6. The number of methoxy groups -OCH3 is 1. The number of halogens is 1. The van der Waals surface area contributed by atoms with Gasteiger partial charge in [-0.15, -0.1) is 0 Å². The molecule has 0 atom stereocenters. The van der Waals surface area contributed by atoms with Crippen LogP contribution < -0.4 is 20.9 Å². The predicted molar refractivity (Wildman–Crippen MR) is 156 cm³/mol. The van der Waals surface area contributed by atoms with Crippen molar-refractivity contribution in [1.82, 2.24) is 40.1 Å². The fourth-order valence-electron chi connectivity index (χ4n) is 4.23. The highest BCUT2D eigenvalue weighted by atomic mass is 35.5. The van der Waals surface area contributed by atoms with Crippen LogP contribution in [0.2, 0.25) is 5.02 Å². The lowest BCUT2D eigenvalue weighted by molar-refractivity contribution is -0.118. The van der Waals surface area contributed by atoms with Crippen LogP contribution in [0.5, 0.6) is 5.75 Å². The number of fused-ring (bicyclic) bond motifs is 2. The Hall–Kier alpha value is -4.49. The predicted octanol–water partition coefficient (Wildman–Crippen LogP) is 3.26. The van der Waals surface area contributed by atoms with Crippen LogP contribution in [0.4, 0.5) is 0 Å². The van der Waals surface area contributed by atoms with Crippen molar-refractivity contribution < 1.29 is 14.3 Å². The number of nitrogens with zero attached hydrogens (tertiary/aromatic N) is 5. The first-order chi connectivity index (χ1) is 19.9. The van der Waals surface area contributed by atoms with Crippen molar-refractivity contribution in [3.05, 3.63) is 75.8 Å². The quantitative estimate of drug-likeness (QED) is 0.126. The maximum atomic E-state index is 14.0. The third-order valence-corrected chi connectivity index (χ3v) is 7.44. The number of ether oxygens (including phenoxy) is 1. The lowest BCUT2D eigenvalue weighted by Gasteiger charge is -2.17. The molecule has 0 bridgehead atoms. The molecule has 41 heavy (non-hydrogen) atoms. The van der Waals surface area contributed by atoms with Gasteiger partial charge in [0.05, 0.1) is 40.8 Å². The Morgan fingerprint density at radius 2 is 1.95 bits per heavy atom. The second kappa shape index (κ2) is 12.4. The Morgan fingerprint density at radius 1 is 1.12 bits per heavy atom. The Labute approximate surface area is 242 Å². The number of carbonyl (C=O) groups is 2. The van der Waals surface area contributed by atoms with Gasteiger partial charge in [-0.3, -0.25) is 19.0 Å². The lowest BCUT2D eigenvalue weighted by Crippen LogP contribution is -2.29. The number of nitrogens with one attached hydrogen (secondary N) is 3. The van der Waals surface area contributed by atoms with E-state index in [2.05, 4.69) is 30.6 Å². The van der Waals surface area contributed by atoms with Gasteiger partial charge in [0.15, 0.2) is 5.65 Å². The van der Waals surface area contributed by atoms with Gasteiger partial charge in [-0.1, -0.05) is 29.4 Å². The molecule has 2 aromatic carbocycles. The zero-order valence-electron chi connectivity index (χ0n) is 22.1. The van der Waals surface area contributed by atoms with E-state index in [-0.39, 0.29) is 28.0 Å². The molecule has 210 valence electrons. The molecule has 0 spiro atoms. The van der Waals surface area contributed by atoms with Crippen LogP contribution >= 0.6 is 23.4 Å². The molecular formula is C27H25ClN8O4S. The van der Waals surface area contributed by atoms with Crippen molar-refractivity contribution in [2.45, 2.75) is 24.1 Å². The highest BCUT2D eigenvalue weighted by Crippen LogP contribution is 2.30. The van der Waals surface area contributed by atoms with Crippen molar-refractivity contribution in [3.8, 4) is 11.4 Å². The van der Waals surface area contributed by atoms with Crippen LogP contribution in [0.25, 0.3) is 27.8 Å². The van der Waals surface area contributed by atoms with E-state index in [9.17, 15) is 14.4 Å². The number of rotatable bonds is 10. The van der Waals surface area contributed by atoms with E-state index in [1.54, 1.807) is 36.4 Å². The molecule has 0 aliphatic carbocycles. The summed E-state index contributed by atoms with van der Waals surface area (Å²) in [4.78, 5) is 58.6. The highest BCUT2D eigenvalue weighted by molar-refractivity contribution is 7.98. The van der Waals surface area contributed by atoms with Crippen LogP contribution in [-0.4, -0.2) is 61.5 Å². The standard InChI is InChI=1S/C27H25ClN8O4S/c1-15(37)29-9-4-10-30-25(38)16-7-8-20(40-2)19(11-16)36-21(35-18-6-3-5-17(28)22(18)27(36)39)12-41-26-23-24(32-13-31-23)33-14-34-26/h3,5-8,11,13-14H,4,9-10,12H2,1-2H3,(H,29,37)(H,30,38)(H,31,32,33,34). The molecule has 0 radical (unpaired) electrons. The molecule has 0 saturated heterocycles. The van der Waals surface area contributed by atoms with Crippen LogP contribution in [0.1, 0.15) is 29.5 Å². The first kappa shape index (κ1) is 28.1. The minimum absolute atomic E-state index is 0.131. The number of H-pyrrole nitrogens is 1. The number of hydrogen-bond donors (Lipinski definition) is 3. The molecule has 0 aliphatic heterocycles. The number of benzene rings is 2. The Morgan fingerprint density at radius 3 is 2.76 bits per heavy atom. The van der Waals surface area contributed by atoms with E-state index < -0.39 is 5.56 Å². The van der Waals surface area contributed by atoms with E-state index in [1.165, 1.54) is 43.0 Å². The Bertz CT molecular complexity index is 1820.